The van der Waals surface area contributed by atoms with Gasteiger partial charge in [-0.25, -0.2) is 5.01 Å². The molecule has 2 aromatic rings. The molecule has 1 heterocycles. The number of carbonyl (C=O) groups is 1. The topological polar surface area (TPSA) is 32.3 Å². The van der Waals surface area contributed by atoms with E-state index in [1.54, 1.807) is 24.3 Å². The molecule has 1 atom stereocenters. The number of benzene rings is 2. The number of rotatable bonds is 2. The Hall–Kier alpha value is -1.79. The summed E-state index contributed by atoms with van der Waals surface area (Å²) in [5.74, 6) is -0.410. The zero-order chi connectivity index (χ0) is 15.9. The van der Waals surface area contributed by atoms with Gasteiger partial charge in [-0.1, -0.05) is 41.9 Å². The number of nitrogens with zero attached hydrogens (tertiary/aromatic N) is 1. The number of hydrogen-bond acceptors (Lipinski definition) is 2. The summed E-state index contributed by atoms with van der Waals surface area (Å²) in [6.45, 7) is 0.0139. The second-order valence-electron chi connectivity index (χ2n) is 5.10. The van der Waals surface area contributed by atoms with Gasteiger partial charge in [0.15, 0.2) is 6.04 Å². The van der Waals surface area contributed by atoms with Gasteiger partial charge in [0.05, 0.1) is 0 Å². The van der Waals surface area contributed by atoms with E-state index >= 15 is 0 Å². The summed E-state index contributed by atoms with van der Waals surface area (Å²) < 4.78 is 40.8. The van der Waals surface area contributed by atoms with E-state index in [9.17, 15) is 18.0 Å². The molecule has 3 rings (SSSR count). The first-order chi connectivity index (χ1) is 10.4. The number of amides is 1. The zero-order valence-corrected chi connectivity index (χ0v) is 12.1. The van der Waals surface area contributed by atoms with Gasteiger partial charge in [0.1, 0.15) is 0 Å². The SMILES string of the molecule is O=C1CCN(C(c2ccc(Cl)c3ccccc23)C(F)(F)F)N1. The Kier molecular flexibility index (Phi) is 3.74. The predicted octanol–water partition coefficient (Wildman–Crippen LogP) is 3.83. The molecule has 0 bridgehead atoms. The lowest BCUT2D eigenvalue weighted by atomic mass is 9.98. The first-order valence-electron chi connectivity index (χ1n) is 6.68. The van der Waals surface area contributed by atoms with Gasteiger partial charge in [-0.3, -0.25) is 10.2 Å². The molecule has 1 aliphatic rings. The van der Waals surface area contributed by atoms with Crippen molar-refractivity contribution in [2.45, 2.75) is 18.6 Å². The van der Waals surface area contributed by atoms with E-state index < -0.39 is 18.1 Å². The maximum Gasteiger partial charge on any atom is 0.409 e. The molecule has 1 unspecified atom stereocenters. The molecular weight excluding hydrogens is 317 g/mol. The number of hydrazine groups is 1. The zero-order valence-electron chi connectivity index (χ0n) is 11.3. The quantitative estimate of drug-likeness (QED) is 0.908. The molecule has 1 saturated heterocycles. The molecule has 2 aromatic carbocycles. The maximum atomic E-state index is 13.6. The van der Waals surface area contributed by atoms with Crippen LogP contribution in [-0.2, 0) is 4.79 Å². The second kappa shape index (κ2) is 5.44. The van der Waals surface area contributed by atoms with Crippen molar-refractivity contribution < 1.29 is 18.0 Å². The van der Waals surface area contributed by atoms with Crippen LogP contribution in [0.1, 0.15) is 18.0 Å². The van der Waals surface area contributed by atoms with Crippen molar-refractivity contribution in [2.24, 2.45) is 0 Å². The van der Waals surface area contributed by atoms with Gasteiger partial charge >= 0.3 is 6.18 Å². The third-order valence-electron chi connectivity index (χ3n) is 3.67. The third kappa shape index (κ3) is 2.64. The molecule has 1 N–H and O–H groups in total. The fourth-order valence-corrected chi connectivity index (χ4v) is 2.96. The molecule has 1 fully saturated rings. The molecule has 0 saturated carbocycles. The Labute approximate surface area is 129 Å². The molecule has 7 heteroatoms. The average Bonchev–Trinajstić information content (AvgIpc) is 2.87. The van der Waals surface area contributed by atoms with Crippen LogP contribution >= 0.6 is 11.6 Å². The number of alkyl halides is 3. The van der Waals surface area contributed by atoms with E-state index in [-0.39, 0.29) is 18.5 Å². The van der Waals surface area contributed by atoms with Crippen LogP contribution in [0, 0.1) is 0 Å². The van der Waals surface area contributed by atoms with E-state index in [4.69, 9.17) is 11.6 Å². The van der Waals surface area contributed by atoms with E-state index in [0.29, 0.717) is 15.8 Å². The summed E-state index contributed by atoms with van der Waals surface area (Å²) in [4.78, 5) is 11.3. The van der Waals surface area contributed by atoms with Crippen LogP contribution in [0.3, 0.4) is 0 Å². The number of nitrogens with one attached hydrogen (secondary N) is 1. The smallest absolute Gasteiger partial charge is 0.288 e. The van der Waals surface area contributed by atoms with Gasteiger partial charge in [0.25, 0.3) is 0 Å². The summed E-state index contributed by atoms with van der Waals surface area (Å²) in [6, 6.07) is 7.59. The van der Waals surface area contributed by atoms with Crippen LogP contribution in [-0.4, -0.2) is 23.6 Å². The highest BCUT2D eigenvalue weighted by molar-refractivity contribution is 6.35. The van der Waals surface area contributed by atoms with E-state index in [1.807, 2.05) is 0 Å². The van der Waals surface area contributed by atoms with Crippen molar-refractivity contribution in [3.8, 4) is 0 Å². The Morgan fingerprint density at radius 2 is 1.82 bits per heavy atom. The summed E-state index contributed by atoms with van der Waals surface area (Å²) >= 11 is 6.07. The molecule has 3 nitrogen and oxygen atoms in total. The first kappa shape index (κ1) is 15.1. The second-order valence-corrected chi connectivity index (χ2v) is 5.51. The standard InChI is InChI=1S/C15H12ClF3N2O/c16-12-6-5-11(9-3-1-2-4-10(9)12)14(15(17,18)19)21-8-7-13(22)20-21/h1-6,14H,7-8H2,(H,20,22). The van der Waals surface area contributed by atoms with Crippen molar-refractivity contribution in [3.63, 3.8) is 0 Å². The molecule has 1 amide bonds. The van der Waals surface area contributed by atoms with Gasteiger partial charge in [0, 0.05) is 23.4 Å². The molecular formula is C15H12ClF3N2O. The monoisotopic (exact) mass is 328 g/mol. The van der Waals surface area contributed by atoms with Crippen LogP contribution in [0.25, 0.3) is 10.8 Å². The fourth-order valence-electron chi connectivity index (χ4n) is 2.73. The molecule has 0 aliphatic carbocycles. The Morgan fingerprint density at radius 3 is 2.41 bits per heavy atom. The van der Waals surface area contributed by atoms with Crippen LogP contribution in [0.2, 0.25) is 5.02 Å². The van der Waals surface area contributed by atoms with Gasteiger partial charge in [0.2, 0.25) is 5.91 Å². The van der Waals surface area contributed by atoms with Crippen LogP contribution in [0.15, 0.2) is 36.4 Å². The minimum absolute atomic E-state index is 0.0139. The normalized spacial score (nSPS) is 17.7. The van der Waals surface area contributed by atoms with Crippen molar-refractivity contribution in [3.05, 3.63) is 47.0 Å². The van der Waals surface area contributed by atoms with Crippen molar-refractivity contribution >= 4 is 28.3 Å². The minimum Gasteiger partial charge on any atom is -0.288 e. The minimum atomic E-state index is -4.52. The average molecular weight is 329 g/mol. The third-order valence-corrected chi connectivity index (χ3v) is 4.00. The summed E-state index contributed by atoms with van der Waals surface area (Å²) in [6.07, 6.45) is -4.47. The van der Waals surface area contributed by atoms with Gasteiger partial charge in [-0.05, 0) is 17.0 Å². The van der Waals surface area contributed by atoms with Crippen LogP contribution in [0.5, 0.6) is 0 Å². The Balaban J connectivity index is 2.17. The summed E-state index contributed by atoms with van der Waals surface area (Å²) in [5, 5.41) is 2.32. The molecule has 0 spiro atoms. The lowest BCUT2D eigenvalue weighted by molar-refractivity contribution is -0.190. The number of fused-ring (bicyclic) bond motifs is 1. The van der Waals surface area contributed by atoms with Crippen molar-refractivity contribution in [1.82, 2.24) is 10.4 Å². The van der Waals surface area contributed by atoms with Gasteiger partial charge in [-0.15, -0.1) is 0 Å². The number of carbonyl (C=O) groups excluding carboxylic acids is 1. The largest absolute Gasteiger partial charge is 0.409 e. The van der Waals surface area contributed by atoms with Crippen LogP contribution < -0.4 is 5.43 Å². The highest BCUT2D eigenvalue weighted by Gasteiger charge is 2.47. The lowest BCUT2D eigenvalue weighted by Crippen LogP contribution is -2.43. The van der Waals surface area contributed by atoms with E-state index in [2.05, 4.69) is 5.43 Å². The van der Waals surface area contributed by atoms with Crippen molar-refractivity contribution in [2.75, 3.05) is 6.54 Å². The summed E-state index contributed by atoms with van der Waals surface area (Å²) in [5.41, 5.74) is 2.36. The van der Waals surface area contributed by atoms with Crippen LogP contribution in [0.4, 0.5) is 13.2 Å². The fraction of sp³-hybridized carbons (Fsp3) is 0.267. The molecule has 116 valence electrons. The highest BCUT2D eigenvalue weighted by atomic mass is 35.5. The predicted molar refractivity (Wildman–Crippen MR) is 77.2 cm³/mol. The van der Waals surface area contributed by atoms with Crippen molar-refractivity contribution in [1.29, 1.82) is 0 Å². The van der Waals surface area contributed by atoms with Gasteiger partial charge < -0.3 is 0 Å². The first-order valence-corrected chi connectivity index (χ1v) is 7.05. The Bertz CT molecular complexity index is 732. The number of halogens is 4. The highest BCUT2D eigenvalue weighted by Crippen LogP contribution is 2.41. The van der Waals surface area contributed by atoms with E-state index in [1.165, 1.54) is 12.1 Å². The summed E-state index contributed by atoms with van der Waals surface area (Å²) in [7, 11) is 0. The van der Waals surface area contributed by atoms with Gasteiger partial charge in [-0.2, -0.15) is 13.2 Å². The Morgan fingerprint density at radius 1 is 1.14 bits per heavy atom. The molecule has 22 heavy (non-hydrogen) atoms. The maximum absolute atomic E-state index is 13.6. The van der Waals surface area contributed by atoms with E-state index in [0.717, 1.165) is 5.01 Å². The lowest BCUT2D eigenvalue weighted by Gasteiger charge is -2.30. The number of hydrogen-bond donors (Lipinski definition) is 1. The molecule has 1 aliphatic heterocycles. The molecule has 0 radical (unpaired) electrons. The molecule has 0 aromatic heterocycles.